The molecule has 3 heteroatoms. The van der Waals surface area contributed by atoms with Crippen LogP contribution >= 0.6 is 31.9 Å². The van der Waals surface area contributed by atoms with E-state index in [1.807, 2.05) is 0 Å². The average molecular weight is 398 g/mol. The standard InChI is InChI=1S/C17H18Br2O/c1-10-5-13(9-15(18)6-10)16(19)14-7-11(2)17(20-4)12(3)8-14/h5-9,16H,1-4H3. The summed E-state index contributed by atoms with van der Waals surface area (Å²) in [7, 11) is 1.72. The van der Waals surface area contributed by atoms with Gasteiger partial charge in [-0.05, 0) is 60.7 Å². The Balaban J connectivity index is 2.45. The zero-order valence-corrected chi connectivity index (χ0v) is 15.3. The van der Waals surface area contributed by atoms with Crippen molar-refractivity contribution >= 4 is 31.9 Å². The third-order valence-corrected chi connectivity index (χ3v) is 4.85. The van der Waals surface area contributed by atoms with E-state index in [1.165, 1.54) is 27.8 Å². The van der Waals surface area contributed by atoms with E-state index >= 15 is 0 Å². The third-order valence-electron chi connectivity index (χ3n) is 3.34. The van der Waals surface area contributed by atoms with Crippen LogP contribution in [0, 0.1) is 20.8 Å². The van der Waals surface area contributed by atoms with Gasteiger partial charge >= 0.3 is 0 Å². The predicted octanol–water partition coefficient (Wildman–Crippen LogP) is 5.87. The molecule has 1 nitrogen and oxygen atoms in total. The van der Waals surface area contributed by atoms with Gasteiger partial charge in [0.15, 0.2) is 0 Å². The molecule has 1 atom stereocenters. The number of hydrogen-bond donors (Lipinski definition) is 0. The van der Waals surface area contributed by atoms with Gasteiger partial charge in [-0.3, -0.25) is 0 Å². The van der Waals surface area contributed by atoms with E-state index in [1.54, 1.807) is 7.11 Å². The summed E-state index contributed by atoms with van der Waals surface area (Å²) in [5.41, 5.74) is 6.08. The van der Waals surface area contributed by atoms with Crippen LogP contribution in [0.2, 0.25) is 0 Å². The summed E-state index contributed by atoms with van der Waals surface area (Å²) in [6, 6.07) is 10.8. The Morgan fingerprint density at radius 2 is 1.45 bits per heavy atom. The number of methoxy groups -OCH3 is 1. The molecular formula is C17H18Br2O. The number of benzene rings is 2. The molecule has 0 fully saturated rings. The lowest BCUT2D eigenvalue weighted by Gasteiger charge is -2.16. The van der Waals surface area contributed by atoms with Crippen LogP contribution < -0.4 is 4.74 Å². The molecule has 0 aliphatic heterocycles. The van der Waals surface area contributed by atoms with Crippen LogP contribution in [0.4, 0.5) is 0 Å². The Morgan fingerprint density at radius 1 is 0.900 bits per heavy atom. The van der Waals surface area contributed by atoms with Gasteiger partial charge in [0.05, 0.1) is 11.9 Å². The largest absolute Gasteiger partial charge is 0.496 e. The normalized spacial score (nSPS) is 12.3. The maximum atomic E-state index is 5.43. The maximum Gasteiger partial charge on any atom is 0.124 e. The summed E-state index contributed by atoms with van der Waals surface area (Å²) in [4.78, 5) is 0.182. The van der Waals surface area contributed by atoms with Crippen molar-refractivity contribution in [2.45, 2.75) is 25.6 Å². The Kier molecular flexibility index (Phi) is 4.92. The van der Waals surface area contributed by atoms with Crippen molar-refractivity contribution in [3.05, 3.63) is 62.6 Å². The van der Waals surface area contributed by atoms with Crippen molar-refractivity contribution in [3.8, 4) is 5.75 Å². The van der Waals surface area contributed by atoms with Crippen molar-refractivity contribution in [2.24, 2.45) is 0 Å². The van der Waals surface area contributed by atoms with E-state index in [9.17, 15) is 0 Å². The first-order valence-corrected chi connectivity index (χ1v) is 8.19. The zero-order valence-electron chi connectivity index (χ0n) is 12.1. The molecule has 0 aliphatic rings. The summed E-state index contributed by atoms with van der Waals surface area (Å²) in [6.45, 7) is 6.28. The molecule has 1 unspecified atom stereocenters. The summed E-state index contributed by atoms with van der Waals surface area (Å²) in [6.07, 6.45) is 0. The number of ether oxygens (including phenoxy) is 1. The Bertz CT molecular complexity index is 592. The van der Waals surface area contributed by atoms with Gasteiger partial charge in [-0.2, -0.15) is 0 Å². The summed E-state index contributed by atoms with van der Waals surface area (Å²) < 4.78 is 6.54. The number of rotatable bonds is 3. The second kappa shape index (κ2) is 6.31. The molecule has 0 heterocycles. The smallest absolute Gasteiger partial charge is 0.124 e. The molecule has 0 N–H and O–H groups in total. The SMILES string of the molecule is COc1c(C)cc(C(Br)c2cc(C)cc(Br)c2)cc1C. The fourth-order valence-electron chi connectivity index (χ4n) is 2.56. The van der Waals surface area contributed by atoms with E-state index in [2.05, 4.69) is 83.0 Å². The van der Waals surface area contributed by atoms with Crippen molar-refractivity contribution < 1.29 is 4.74 Å². The molecule has 0 radical (unpaired) electrons. The van der Waals surface area contributed by atoms with E-state index in [0.717, 1.165) is 10.2 Å². The molecule has 20 heavy (non-hydrogen) atoms. The first-order chi connectivity index (χ1) is 9.42. The van der Waals surface area contributed by atoms with Gasteiger partial charge in [0.1, 0.15) is 5.75 Å². The highest BCUT2D eigenvalue weighted by Crippen LogP contribution is 2.36. The average Bonchev–Trinajstić information content (AvgIpc) is 2.36. The van der Waals surface area contributed by atoms with Crippen molar-refractivity contribution in [2.75, 3.05) is 7.11 Å². The Hall–Kier alpha value is -0.800. The zero-order chi connectivity index (χ0) is 14.9. The highest BCUT2D eigenvalue weighted by atomic mass is 79.9. The fraction of sp³-hybridized carbons (Fsp3) is 0.294. The Labute approximate surface area is 137 Å². The van der Waals surface area contributed by atoms with Gasteiger partial charge in [-0.15, -0.1) is 0 Å². The molecule has 0 aliphatic carbocycles. The van der Waals surface area contributed by atoms with Crippen LogP contribution in [0.15, 0.2) is 34.8 Å². The van der Waals surface area contributed by atoms with Crippen LogP contribution in [0.3, 0.4) is 0 Å². The van der Waals surface area contributed by atoms with Gasteiger partial charge in [0.2, 0.25) is 0 Å². The molecule has 2 aromatic carbocycles. The highest BCUT2D eigenvalue weighted by molar-refractivity contribution is 9.10. The van der Waals surface area contributed by atoms with Gasteiger partial charge in [0, 0.05) is 4.47 Å². The third kappa shape index (κ3) is 3.26. The van der Waals surface area contributed by atoms with Crippen molar-refractivity contribution in [1.29, 1.82) is 0 Å². The second-order valence-electron chi connectivity index (χ2n) is 5.11. The summed E-state index contributed by atoms with van der Waals surface area (Å²) in [5.74, 6) is 0.971. The first-order valence-electron chi connectivity index (χ1n) is 6.48. The van der Waals surface area contributed by atoms with Crippen LogP contribution in [0.1, 0.15) is 32.6 Å². The molecule has 0 amide bonds. The van der Waals surface area contributed by atoms with E-state index in [4.69, 9.17) is 4.74 Å². The van der Waals surface area contributed by atoms with Gasteiger partial charge in [-0.25, -0.2) is 0 Å². The van der Waals surface area contributed by atoms with E-state index in [-0.39, 0.29) is 4.83 Å². The minimum atomic E-state index is 0.182. The van der Waals surface area contributed by atoms with Crippen LogP contribution in [-0.2, 0) is 0 Å². The summed E-state index contributed by atoms with van der Waals surface area (Å²) >= 11 is 7.38. The first kappa shape index (κ1) is 15.6. The number of halogens is 2. The van der Waals surface area contributed by atoms with Crippen LogP contribution in [0.5, 0.6) is 5.75 Å². The molecule has 2 rings (SSSR count). The van der Waals surface area contributed by atoms with E-state index < -0.39 is 0 Å². The van der Waals surface area contributed by atoms with Gasteiger partial charge < -0.3 is 4.74 Å². The number of alkyl halides is 1. The molecule has 0 saturated carbocycles. The number of aryl methyl sites for hydroxylation is 3. The molecular weight excluding hydrogens is 380 g/mol. The lowest BCUT2D eigenvalue weighted by atomic mass is 9.99. The molecule has 106 valence electrons. The quantitative estimate of drug-likeness (QED) is 0.588. The molecule has 0 spiro atoms. The summed E-state index contributed by atoms with van der Waals surface area (Å²) in [5, 5.41) is 0. The van der Waals surface area contributed by atoms with Gasteiger partial charge in [-0.1, -0.05) is 50.1 Å². The monoisotopic (exact) mass is 396 g/mol. The van der Waals surface area contributed by atoms with Crippen molar-refractivity contribution in [3.63, 3.8) is 0 Å². The van der Waals surface area contributed by atoms with Crippen LogP contribution in [-0.4, -0.2) is 7.11 Å². The second-order valence-corrected chi connectivity index (χ2v) is 6.94. The minimum absolute atomic E-state index is 0.182. The highest BCUT2D eigenvalue weighted by Gasteiger charge is 2.14. The van der Waals surface area contributed by atoms with Crippen molar-refractivity contribution in [1.82, 2.24) is 0 Å². The lowest BCUT2D eigenvalue weighted by Crippen LogP contribution is -1.98. The topological polar surface area (TPSA) is 9.23 Å². The number of hydrogen-bond acceptors (Lipinski definition) is 1. The Morgan fingerprint density at radius 3 is 1.95 bits per heavy atom. The van der Waals surface area contributed by atoms with Gasteiger partial charge in [0.25, 0.3) is 0 Å². The lowest BCUT2D eigenvalue weighted by molar-refractivity contribution is 0.408. The fourth-order valence-corrected chi connectivity index (χ4v) is 3.71. The maximum absolute atomic E-state index is 5.43. The van der Waals surface area contributed by atoms with Crippen LogP contribution in [0.25, 0.3) is 0 Å². The molecule has 2 aromatic rings. The van der Waals surface area contributed by atoms with E-state index in [0.29, 0.717) is 0 Å². The minimum Gasteiger partial charge on any atom is -0.496 e. The molecule has 0 aromatic heterocycles. The predicted molar refractivity (Wildman–Crippen MR) is 92.1 cm³/mol. The molecule has 0 saturated heterocycles. The molecule has 0 bridgehead atoms.